The number of hydrogen-bond donors (Lipinski definition) is 2. The van der Waals surface area contributed by atoms with Crippen molar-refractivity contribution in [3.8, 4) is 0 Å². The summed E-state index contributed by atoms with van der Waals surface area (Å²) in [5, 5.41) is 6.61. The number of anilines is 3. The average Bonchev–Trinajstić information content (AvgIpc) is 3.05. The van der Waals surface area contributed by atoms with Crippen molar-refractivity contribution >= 4 is 39.5 Å². The predicted octanol–water partition coefficient (Wildman–Crippen LogP) is 5.32. The average molecular weight is 426 g/mol. The topological polar surface area (TPSA) is 61.4 Å². The van der Waals surface area contributed by atoms with Crippen LogP contribution in [-0.4, -0.2) is 24.9 Å². The summed E-state index contributed by atoms with van der Waals surface area (Å²) < 4.78 is 0. The van der Waals surface area contributed by atoms with Gasteiger partial charge in [0.2, 0.25) is 5.91 Å². The van der Waals surface area contributed by atoms with Gasteiger partial charge in [-0.25, -0.2) is 0 Å². The minimum absolute atomic E-state index is 0.134. The second kappa shape index (κ2) is 8.80. The maximum Gasteiger partial charge on any atom is 0.258 e. The zero-order chi connectivity index (χ0) is 21.3. The summed E-state index contributed by atoms with van der Waals surface area (Å²) in [6, 6.07) is 8.13. The van der Waals surface area contributed by atoms with Gasteiger partial charge in [0.15, 0.2) is 0 Å². The molecular weight excluding hydrogens is 394 g/mol. The van der Waals surface area contributed by atoms with Gasteiger partial charge >= 0.3 is 0 Å². The Morgan fingerprint density at radius 2 is 1.70 bits per heavy atom. The molecule has 2 N–H and O–H groups in total. The smallest absolute Gasteiger partial charge is 0.258 e. The van der Waals surface area contributed by atoms with Crippen molar-refractivity contribution < 1.29 is 9.59 Å². The van der Waals surface area contributed by atoms with Crippen LogP contribution in [0.2, 0.25) is 0 Å². The van der Waals surface area contributed by atoms with Gasteiger partial charge in [0.1, 0.15) is 5.00 Å². The molecule has 30 heavy (non-hydrogen) atoms. The van der Waals surface area contributed by atoms with E-state index >= 15 is 0 Å². The zero-order valence-corrected chi connectivity index (χ0v) is 18.9. The molecule has 1 aromatic heterocycles. The summed E-state index contributed by atoms with van der Waals surface area (Å²) >= 11 is 1.55. The summed E-state index contributed by atoms with van der Waals surface area (Å²) in [7, 11) is 0. The van der Waals surface area contributed by atoms with Crippen LogP contribution < -0.4 is 15.5 Å². The van der Waals surface area contributed by atoms with Gasteiger partial charge in [0.05, 0.1) is 5.56 Å². The van der Waals surface area contributed by atoms with Crippen molar-refractivity contribution in [3.63, 3.8) is 0 Å². The Labute approximate surface area is 182 Å². The van der Waals surface area contributed by atoms with Gasteiger partial charge in [0, 0.05) is 36.3 Å². The first kappa shape index (κ1) is 20.9. The lowest BCUT2D eigenvalue weighted by Crippen LogP contribution is -2.32. The van der Waals surface area contributed by atoms with Crippen LogP contribution >= 0.6 is 11.3 Å². The van der Waals surface area contributed by atoms with Crippen molar-refractivity contribution in [2.45, 2.75) is 52.9 Å². The molecule has 5 nitrogen and oxygen atoms in total. The molecule has 0 saturated carbocycles. The van der Waals surface area contributed by atoms with Crippen molar-refractivity contribution in [1.29, 1.82) is 0 Å². The van der Waals surface area contributed by atoms with E-state index in [2.05, 4.69) is 41.5 Å². The Balaban J connectivity index is 1.51. The number of amides is 2. The van der Waals surface area contributed by atoms with Crippen LogP contribution in [0.5, 0.6) is 0 Å². The van der Waals surface area contributed by atoms with E-state index in [1.807, 2.05) is 12.1 Å². The van der Waals surface area contributed by atoms with E-state index in [4.69, 9.17) is 0 Å². The monoisotopic (exact) mass is 425 g/mol. The molecule has 0 unspecified atom stereocenters. The van der Waals surface area contributed by atoms with E-state index in [0.717, 1.165) is 49.5 Å². The highest BCUT2D eigenvalue weighted by atomic mass is 32.1. The van der Waals surface area contributed by atoms with Crippen molar-refractivity contribution in [2.75, 3.05) is 28.6 Å². The lowest BCUT2D eigenvalue weighted by molar-refractivity contribution is -0.114. The fourth-order valence-corrected chi connectivity index (χ4v) is 5.91. The number of nitrogens with one attached hydrogen (secondary N) is 2. The standard InChI is InChI=1S/C24H31N3O2S/c1-15-10-12-27(13-11-15)19-7-5-18(6-8-19)26-23(29)22-20-9-4-16(2)14-21(20)30-24(22)25-17(3)28/h5-8,15-16H,4,9-14H2,1-3H3,(H,25,28)(H,26,29)/t16-/m1/s1. The van der Waals surface area contributed by atoms with E-state index < -0.39 is 0 Å². The maximum atomic E-state index is 13.2. The summed E-state index contributed by atoms with van der Waals surface area (Å²) in [5.74, 6) is 1.14. The van der Waals surface area contributed by atoms with Crippen LogP contribution in [0.25, 0.3) is 0 Å². The summed E-state index contributed by atoms with van der Waals surface area (Å²) in [6.45, 7) is 8.22. The number of hydrogen-bond acceptors (Lipinski definition) is 4. The zero-order valence-electron chi connectivity index (χ0n) is 18.1. The Bertz CT molecular complexity index is 927. The number of benzene rings is 1. The lowest BCUT2D eigenvalue weighted by atomic mass is 9.88. The molecule has 1 aliphatic carbocycles. The van der Waals surface area contributed by atoms with Gasteiger partial charge in [-0.15, -0.1) is 11.3 Å². The molecule has 2 aliphatic rings. The number of carbonyl (C=O) groups excluding carboxylic acids is 2. The number of carbonyl (C=O) groups is 2. The van der Waals surface area contributed by atoms with Gasteiger partial charge in [-0.2, -0.15) is 0 Å². The van der Waals surface area contributed by atoms with E-state index in [0.29, 0.717) is 16.5 Å². The third-order valence-electron chi connectivity index (χ3n) is 6.30. The molecule has 0 spiro atoms. The maximum absolute atomic E-state index is 13.2. The first-order valence-corrected chi connectivity index (χ1v) is 11.8. The van der Waals surface area contributed by atoms with Crippen molar-refractivity contribution in [3.05, 3.63) is 40.3 Å². The van der Waals surface area contributed by atoms with E-state index in [-0.39, 0.29) is 11.8 Å². The second-order valence-corrected chi connectivity index (χ2v) is 10.0. The molecule has 1 aliphatic heterocycles. The molecular formula is C24H31N3O2S. The summed E-state index contributed by atoms with van der Waals surface area (Å²) in [6.07, 6.45) is 5.40. The number of nitrogens with zero attached hydrogens (tertiary/aromatic N) is 1. The van der Waals surface area contributed by atoms with Crippen LogP contribution in [0.4, 0.5) is 16.4 Å². The number of rotatable bonds is 4. The minimum atomic E-state index is -0.143. The van der Waals surface area contributed by atoms with Crippen LogP contribution in [0.3, 0.4) is 0 Å². The van der Waals surface area contributed by atoms with E-state index in [9.17, 15) is 9.59 Å². The Hall–Kier alpha value is -2.34. The third kappa shape index (κ3) is 4.53. The number of fused-ring (bicyclic) bond motifs is 1. The van der Waals surface area contributed by atoms with Gasteiger partial charge in [-0.3, -0.25) is 9.59 Å². The molecule has 1 aromatic carbocycles. The van der Waals surface area contributed by atoms with Crippen molar-refractivity contribution in [1.82, 2.24) is 0 Å². The quantitative estimate of drug-likeness (QED) is 0.697. The summed E-state index contributed by atoms with van der Waals surface area (Å²) in [4.78, 5) is 28.5. The SMILES string of the molecule is CC(=O)Nc1sc2c(c1C(=O)Nc1ccc(N3CCC(C)CC3)cc1)CC[C@@H](C)C2. The van der Waals surface area contributed by atoms with Crippen LogP contribution in [0, 0.1) is 11.8 Å². The van der Waals surface area contributed by atoms with Gasteiger partial charge < -0.3 is 15.5 Å². The van der Waals surface area contributed by atoms with Crippen molar-refractivity contribution in [2.24, 2.45) is 11.8 Å². The molecule has 2 aromatic rings. The minimum Gasteiger partial charge on any atom is -0.372 e. The molecule has 0 radical (unpaired) electrons. The highest BCUT2D eigenvalue weighted by Crippen LogP contribution is 2.40. The highest BCUT2D eigenvalue weighted by molar-refractivity contribution is 7.17. The molecule has 4 rings (SSSR count). The van der Waals surface area contributed by atoms with E-state index in [1.165, 1.54) is 30.3 Å². The summed E-state index contributed by atoms with van der Waals surface area (Å²) in [5.41, 5.74) is 3.75. The largest absolute Gasteiger partial charge is 0.372 e. The van der Waals surface area contributed by atoms with Crippen LogP contribution in [0.1, 0.15) is 60.8 Å². The first-order chi connectivity index (χ1) is 14.4. The van der Waals surface area contributed by atoms with E-state index in [1.54, 1.807) is 11.3 Å². The normalized spacial score (nSPS) is 19.3. The highest BCUT2D eigenvalue weighted by Gasteiger charge is 2.28. The fraction of sp³-hybridized carbons (Fsp3) is 0.500. The molecule has 160 valence electrons. The Kier molecular flexibility index (Phi) is 6.14. The van der Waals surface area contributed by atoms with Gasteiger partial charge in [-0.05, 0) is 73.8 Å². The number of piperidine rings is 1. The lowest BCUT2D eigenvalue weighted by Gasteiger charge is -2.32. The van der Waals surface area contributed by atoms with Crippen LogP contribution in [0.15, 0.2) is 24.3 Å². The first-order valence-electron chi connectivity index (χ1n) is 11.0. The molecule has 1 saturated heterocycles. The van der Waals surface area contributed by atoms with Gasteiger partial charge in [0.25, 0.3) is 5.91 Å². The Morgan fingerprint density at radius 3 is 2.37 bits per heavy atom. The fourth-order valence-electron chi connectivity index (χ4n) is 4.45. The molecule has 1 atom stereocenters. The molecule has 2 heterocycles. The molecule has 0 bridgehead atoms. The molecule has 2 amide bonds. The van der Waals surface area contributed by atoms with Crippen LogP contribution in [-0.2, 0) is 17.6 Å². The molecule has 6 heteroatoms. The third-order valence-corrected chi connectivity index (χ3v) is 7.47. The molecule has 1 fully saturated rings. The Morgan fingerprint density at radius 1 is 1.00 bits per heavy atom. The van der Waals surface area contributed by atoms with Gasteiger partial charge in [-0.1, -0.05) is 13.8 Å². The second-order valence-electron chi connectivity index (χ2n) is 8.91. The number of thiophene rings is 1. The predicted molar refractivity (Wildman–Crippen MR) is 125 cm³/mol.